The molecule has 0 aliphatic heterocycles. The van der Waals surface area contributed by atoms with Crippen LogP contribution < -0.4 is 15.4 Å². The topological polar surface area (TPSA) is 104 Å². The molecule has 148 valence electrons. The molecule has 1 amide bonds. The fraction of sp³-hybridized carbons (Fsp3) is 0.182. The van der Waals surface area contributed by atoms with Crippen LogP contribution in [0.25, 0.3) is 0 Å². The van der Waals surface area contributed by atoms with E-state index in [-0.39, 0.29) is 17.4 Å². The fourth-order valence-electron chi connectivity index (χ4n) is 3.29. The molecular formula is C22H21N3O4. The number of ether oxygens (including phenoxy) is 1. The zero-order valence-electron chi connectivity index (χ0n) is 15.8. The molecule has 1 fully saturated rings. The second-order valence-electron chi connectivity index (χ2n) is 6.97. The van der Waals surface area contributed by atoms with E-state index in [0.29, 0.717) is 35.8 Å². The Bertz CT molecular complexity index is 1060. The van der Waals surface area contributed by atoms with E-state index in [1.165, 1.54) is 12.1 Å². The summed E-state index contributed by atoms with van der Waals surface area (Å²) in [5.74, 6) is 1.05. The summed E-state index contributed by atoms with van der Waals surface area (Å²) in [6.45, 7) is 0. The summed E-state index contributed by atoms with van der Waals surface area (Å²) in [6, 6.07) is 17.3. The largest absolute Gasteiger partial charge is 0.504 e. The van der Waals surface area contributed by atoms with Crippen molar-refractivity contribution in [3.8, 4) is 17.2 Å². The number of carbonyl (C=O) groups is 1. The Morgan fingerprint density at radius 2 is 1.76 bits per heavy atom. The summed E-state index contributed by atoms with van der Waals surface area (Å²) in [6.07, 6.45) is 1.34. The molecule has 1 aliphatic carbocycles. The normalized spacial score (nSPS) is 14.1. The van der Waals surface area contributed by atoms with Crippen molar-refractivity contribution in [2.75, 3.05) is 17.7 Å². The molecule has 0 saturated heterocycles. The van der Waals surface area contributed by atoms with Gasteiger partial charge >= 0.3 is 0 Å². The Morgan fingerprint density at radius 1 is 1.00 bits per heavy atom. The van der Waals surface area contributed by atoms with Crippen molar-refractivity contribution < 1.29 is 19.7 Å². The monoisotopic (exact) mass is 391 g/mol. The number of benzene rings is 2. The first-order valence-electron chi connectivity index (χ1n) is 9.23. The van der Waals surface area contributed by atoms with Crippen molar-refractivity contribution in [1.29, 1.82) is 0 Å². The first-order valence-corrected chi connectivity index (χ1v) is 9.23. The van der Waals surface area contributed by atoms with E-state index in [2.05, 4.69) is 15.6 Å². The lowest BCUT2D eigenvalue weighted by molar-refractivity contribution is -0.118. The number of amides is 1. The van der Waals surface area contributed by atoms with Crippen molar-refractivity contribution in [3.63, 3.8) is 0 Å². The number of pyridine rings is 1. The van der Waals surface area contributed by atoms with Gasteiger partial charge in [0.05, 0.1) is 18.2 Å². The molecule has 0 radical (unpaired) electrons. The van der Waals surface area contributed by atoms with Gasteiger partial charge in [0.15, 0.2) is 11.5 Å². The van der Waals surface area contributed by atoms with Crippen LogP contribution in [0.4, 0.5) is 17.3 Å². The zero-order valence-corrected chi connectivity index (χ0v) is 15.8. The Balaban J connectivity index is 1.52. The third kappa shape index (κ3) is 3.67. The second kappa shape index (κ2) is 7.35. The fourth-order valence-corrected chi connectivity index (χ4v) is 3.29. The van der Waals surface area contributed by atoms with Gasteiger partial charge in [0, 0.05) is 0 Å². The molecule has 4 rings (SSSR count). The van der Waals surface area contributed by atoms with Crippen LogP contribution in [0.1, 0.15) is 18.4 Å². The lowest BCUT2D eigenvalue weighted by Crippen LogP contribution is -2.28. The van der Waals surface area contributed by atoms with Crippen LogP contribution in [-0.4, -0.2) is 28.2 Å². The highest BCUT2D eigenvalue weighted by Gasteiger charge is 2.51. The minimum atomic E-state index is -0.709. The number of methoxy groups -OCH3 is 1. The Labute approximate surface area is 168 Å². The molecule has 0 unspecified atom stereocenters. The van der Waals surface area contributed by atoms with Crippen LogP contribution in [0.5, 0.6) is 17.2 Å². The summed E-state index contributed by atoms with van der Waals surface area (Å²) < 4.78 is 5.33. The third-order valence-electron chi connectivity index (χ3n) is 5.07. The molecule has 0 spiro atoms. The molecule has 1 aliphatic rings. The predicted octanol–water partition coefficient (Wildman–Crippen LogP) is 3.92. The Hall–Kier alpha value is -3.74. The molecule has 2 aromatic carbocycles. The highest BCUT2D eigenvalue weighted by atomic mass is 16.5. The van der Waals surface area contributed by atoms with Gasteiger partial charge in [0.25, 0.3) is 0 Å². The summed E-state index contributed by atoms with van der Waals surface area (Å²) in [4.78, 5) is 17.4. The average molecular weight is 391 g/mol. The molecule has 4 N–H and O–H groups in total. The minimum Gasteiger partial charge on any atom is -0.504 e. The highest BCUT2D eigenvalue weighted by molar-refractivity contribution is 6.01. The van der Waals surface area contributed by atoms with E-state index >= 15 is 0 Å². The van der Waals surface area contributed by atoms with Crippen LogP contribution in [0, 0.1) is 0 Å². The van der Waals surface area contributed by atoms with Crippen molar-refractivity contribution in [2.24, 2.45) is 0 Å². The predicted molar refractivity (Wildman–Crippen MR) is 110 cm³/mol. The number of nitrogens with zero attached hydrogens (tertiary/aromatic N) is 1. The van der Waals surface area contributed by atoms with E-state index in [1.54, 1.807) is 31.4 Å². The van der Waals surface area contributed by atoms with Gasteiger partial charge in [-0.05, 0) is 54.8 Å². The lowest BCUT2D eigenvalue weighted by Gasteiger charge is -2.17. The Kier molecular flexibility index (Phi) is 4.72. The van der Waals surface area contributed by atoms with Gasteiger partial charge in [-0.1, -0.05) is 24.3 Å². The SMILES string of the molecule is COc1ccccc1Nc1cccc(NC(=O)C2(c3ccc(O)c(O)c3)CC2)n1. The number of para-hydroxylation sites is 2. The molecule has 0 bridgehead atoms. The summed E-state index contributed by atoms with van der Waals surface area (Å²) in [5, 5.41) is 25.3. The number of phenolic OH excluding ortho intramolecular Hbond substituents is 2. The molecule has 7 nitrogen and oxygen atoms in total. The number of hydrogen-bond donors (Lipinski definition) is 4. The summed E-state index contributed by atoms with van der Waals surface area (Å²) in [7, 11) is 1.60. The first-order chi connectivity index (χ1) is 14.0. The number of phenols is 2. The quantitative estimate of drug-likeness (QED) is 0.475. The second-order valence-corrected chi connectivity index (χ2v) is 6.97. The molecule has 3 aromatic rings. The zero-order chi connectivity index (χ0) is 20.4. The maximum Gasteiger partial charge on any atom is 0.236 e. The standard InChI is InChI=1S/C22H21N3O4/c1-29-18-6-3-2-5-15(18)23-19-7-4-8-20(24-19)25-21(28)22(11-12-22)14-9-10-16(26)17(27)13-14/h2-10,13,26-27H,11-12H2,1H3,(H2,23,24,25,28). The number of carbonyl (C=O) groups excluding carboxylic acids is 1. The Morgan fingerprint density at radius 3 is 2.48 bits per heavy atom. The van der Waals surface area contributed by atoms with Gasteiger partial charge < -0.3 is 25.6 Å². The van der Waals surface area contributed by atoms with Crippen molar-refractivity contribution >= 4 is 23.2 Å². The smallest absolute Gasteiger partial charge is 0.236 e. The lowest BCUT2D eigenvalue weighted by atomic mass is 9.94. The summed E-state index contributed by atoms with van der Waals surface area (Å²) in [5.41, 5.74) is 0.733. The maximum absolute atomic E-state index is 12.9. The van der Waals surface area contributed by atoms with Gasteiger partial charge in [-0.25, -0.2) is 4.98 Å². The number of aromatic nitrogens is 1. The van der Waals surface area contributed by atoms with E-state index in [0.717, 1.165) is 5.69 Å². The van der Waals surface area contributed by atoms with E-state index in [9.17, 15) is 15.0 Å². The number of aromatic hydroxyl groups is 2. The molecular weight excluding hydrogens is 370 g/mol. The first kappa shape index (κ1) is 18.6. The van der Waals surface area contributed by atoms with Gasteiger partial charge in [0.2, 0.25) is 5.91 Å². The van der Waals surface area contributed by atoms with Crippen molar-refractivity contribution in [3.05, 3.63) is 66.2 Å². The maximum atomic E-state index is 12.9. The van der Waals surface area contributed by atoms with Gasteiger partial charge in [-0.3, -0.25) is 4.79 Å². The highest BCUT2D eigenvalue weighted by Crippen LogP contribution is 2.50. The number of hydrogen-bond acceptors (Lipinski definition) is 6. The molecule has 7 heteroatoms. The number of nitrogens with one attached hydrogen (secondary N) is 2. The van der Waals surface area contributed by atoms with Crippen molar-refractivity contribution in [1.82, 2.24) is 4.98 Å². The minimum absolute atomic E-state index is 0.190. The van der Waals surface area contributed by atoms with E-state index < -0.39 is 5.41 Å². The van der Waals surface area contributed by atoms with Crippen LogP contribution >= 0.6 is 0 Å². The van der Waals surface area contributed by atoms with Crippen LogP contribution in [0.15, 0.2) is 60.7 Å². The van der Waals surface area contributed by atoms with Crippen LogP contribution in [0.2, 0.25) is 0 Å². The summed E-state index contributed by atoms with van der Waals surface area (Å²) >= 11 is 0. The van der Waals surface area contributed by atoms with Gasteiger partial charge in [-0.2, -0.15) is 0 Å². The molecule has 1 aromatic heterocycles. The molecule has 1 heterocycles. The van der Waals surface area contributed by atoms with Crippen molar-refractivity contribution in [2.45, 2.75) is 18.3 Å². The van der Waals surface area contributed by atoms with E-state index in [1.807, 2.05) is 24.3 Å². The average Bonchev–Trinajstić information content (AvgIpc) is 3.53. The molecule has 1 saturated carbocycles. The van der Waals surface area contributed by atoms with Crippen LogP contribution in [0.3, 0.4) is 0 Å². The molecule has 0 atom stereocenters. The van der Waals surface area contributed by atoms with Gasteiger partial charge in [0.1, 0.15) is 17.4 Å². The third-order valence-corrected chi connectivity index (χ3v) is 5.07. The van der Waals surface area contributed by atoms with Crippen LogP contribution in [-0.2, 0) is 10.2 Å². The number of rotatable bonds is 6. The van der Waals surface area contributed by atoms with E-state index in [4.69, 9.17) is 4.74 Å². The number of anilines is 3. The van der Waals surface area contributed by atoms with Gasteiger partial charge in [-0.15, -0.1) is 0 Å². The molecule has 29 heavy (non-hydrogen) atoms.